The van der Waals surface area contributed by atoms with E-state index in [4.69, 9.17) is 9.84 Å². The van der Waals surface area contributed by atoms with Crippen LogP contribution in [0.25, 0.3) is 10.9 Å². The molecule has 1 aliphatic carbocycles. The number of hydrogen-bond acceptors (Lipinski definition) is 10. The van der Waals surface area contributed by atoms with Gasteiger partial charge >= 0.3 is 0 Å². The van der Waals surface area contributed by atoms with E-state index in [0.29, 0.717) is 37.1 Å². The van der Waals surface area contributed by atoms with Crippen molar-refractivity contribution in [2.75, 3.05) is 44.6 Å². The Labute approximate surface area is 270 Å². The molecule has 2 aliphatic rings. The van der Waals surface area contributed by atoms with Crippen LogP contribution in [-0.2, 0) is 0 Å². The van der Waals surface area contributed by atoms with Gasteiger partial charge in [0.2, 0.25) is 0 Å². The number of aliphatic hydroxyl groups excluding tert-OH is 2. The van der Waals surface area contributed by atoms with E-state index in [2.05, 4.69) is 9.71 Å². The van der Waals surface area contributed by atoms with Gasteiger partial charge in [-0.25, -0.2) is 22.5 Å². The van der Waals surface area contributed by atoms with Gasteiger partial charge < -0.3 is 19.7 Å². The number of fused-ring (bicyclic) bond motifs is 1. The normalized spacial score (nSPS) is 20.8. The van der Waals surface area contributed by atoms with E-state index >= 15 is 0 Å². The molecule has 1 atom stereocenters. The van der Waals surface area contributed by atoms with Crippen molar-refractivity contribution >= 4 is 28.7 Å². The van der Waals surface area contributed by atoms with Crippen molar-refractivity contribution in [3.8, 4) is 17.6 Å². The number of aliphatic hydroxyl groups is 2. The van der Waals surface area contributed by atoms with Crippen LogP contribution < -0.4 is 15.0 Å². The number of ether oxygens (including phenoxy) is 1. The maximum Gasteiger partial charge on any atom is 0.261 e. The Hall–Kier alpha value is -3.35. The lowest BCUT2D eigenvalue weighted by molar-refractivity contribution is -0.0798. The molecule has 2 heterocycles. The van der Waals surface area contributed by atoms with Crippen LogP contribution in [0.5, 0.6) is 11.5 Å². The van der Waals surface area contributed by atoms with E-state index in [0.717, 1.165) is 37.8 Å². The summed E-state index contributed by atoms with van der Waals surface area (Å²) in [6.45, 7) is 0.553. The molecule has 3 aromatic rings. The Morgan fingerprint density at radius 2 is 2.02 bits per heavy atom. The summed E-state index contributed by atoms with van der Waals surface area (Å²) in [6, 6.07) is 8.71. The van der Waals surface area contributed by atoms with Gasteiger partial charge in [0.15, 0.2) is 11.6 Å². The fourth-order valence-electron chi connectivity index (χ4n) is 6.44. The third-order valence-corrected chi connectivity index (χ3v) is 9.69. The number of likely N-dealkylation sites (tertiary alicyclic amines) is 1. The number of aromatic nitrogens is 2. The number of alkyl halides is 2. The summed E-state index contributed by atoms with van der Waals surface area (Å²) in [5, 5.41) is 29.4. The van der Waals surface area contributed by atoms with Crippen molar-refractivity contribution in [2.45, 2.75) is 63.0 Å². The third kappa shape index (κ3) is 7.95. The fourth-order valence-corrected chi connectivity index (χ4v) is 7.03. The summed E-state index contributed by atoms with van der Waals surface area (Å²) in [5.74, 6) is -3.34. The van der Waals surface area contributed by atoms with Crippen LogP contribution in [-0.4, -0.2) is 80.8 Å². The number of benzene rings is 2. The molecule has 10 nitrogen and oxygen atoms in total. The first-order valence-electron chi connectivity index (χ1n) is 15.5. The highest BCUT2D eigenvalue weighted by Gasteiger charge is 2.39. The number of nitrogens with zero attached hydrogens (tertiary/aromatic N) is 5. The van der Waals surface area contributed by atoms with Crippen molar-refractivity contribution in [1.29, 1.82) is 5.26 Å². The second-order valence-electron chi connectivity index (χ2n) is 12.1. The number of likely N-dealkylation sites (N-methyl/N-ethyl adjacent to an activating group) is 1. The monoisotopic (exact) mass is 660 g/mol. The Balaban J connectivity index is 1.30. The van der Waals surface area contributed by atoms with Gasteiger partial charge in [0.1, 0.15) is 17.4 Å². The molecule has 2 aromatic carbocycles. The fraction of sp³-hybridized carbons (Fsp3) is 0.531. The van der Waals surface area contributed by atoms with Crippen LogP contribution in [0.15, 0.2) is 41.5 Å². The van der Waals surface area contributed by atoms with Crippen molar-refractivity contribution in [2.24, 2.45) is 5.92 Å². The van der Waals surface area contributed by atoms with Crippen LogP contribution in [0.3, 0.4) is 0 Å². The Bertz CT molecular complexity index is 1610. The quantitative estimate of drug-likeness (QED) is 0.220. The van der Waals surface area contributed by atoms with E-state index in [9.17, 15) is 28.3 Å². The summed E-state index contributed by atoms with van der Waals surface area (Å²) in [7, 11) is 1.74. The minimum Gasteiger partial charge on any atom is -0.453 e. The molecule has 1 aliphatic heterocycles. The van der Waals surface area contributed by atoms with Crippen LogP contribution in [0, 0.1) is 23.1 Å². The molecule has 0 bridgehead atoms. The second-order valence-corrected chi connectivity index (χ2v) is 13.1. The van der Waals surface area contributed by atoms with Gasteiger partial charge in [-0.15, -0.1) is 0 Å². The molecule has 1 saturated carbocycles. The van der Waals surface area contributed by atoms with Gasteiger partial charge in [-0.05, 0) is 88.4 Å². The average Bonchev–Trinajstić information content (AvgIpc) is 3.04. The van der Waals surface area contributed by atoms with E-state index in [-0.39, 0.29) is 60.6 Å². The van der Waals surface area contributed by atoms with Gasteiger partial charge in [0, 0.05) is 31.1 Å². The number of nitrogens with one attached hydrogen (secondary N) is 1. The zero-order valence-corrected chi connectivity index (χ0v) is 26.5. The molecule has 14 heteroatoms. The first-order chi connectivity index (χ1) is 22.1. The molecule has 3 N–H and O–H groups in total. The van der Waals surface area contributed by atoms with E-state index in [1.165, 1.54) is 35.2 Å². The largest absolute Gasteiger partial charge is 0.453 e. The summed E-state index contributed by atoms with van der Waals surface area (Å²) in [5.41, 5.74) is 0.243. The Kier molecular flexibility index (Phi) is 11.1. The lowest BCUT2D eigenvalue weighted by Crippen LogP contribution is -2.48. The molecule has 0 spiro atoms. The molecule has 248 valence electrons. The summed E-state index contributed by atoms with van der Waals surface area (Å²) >= 11 is 1.13. The maximum atomic E-state index is 14.9. The minimum atomic E-state index is -2.63. The lowest BCUT2D eigenvalue weighted by atomic mass is 9.81. The number of rotatable bonds is 12. The van der Waals surface area contributed by atoms with Crippen molar-refractivity contribution < 1.29 is 28.1 Å². The van der Waals surface area contributed by atoms with Crippen molar-refractivity contribution in [3.05, 3.63) is 58.4 Å². The van der Waals surface area contributed by atoms with Crippen molar-refractivity contribution in [3.63, 3.8) is 0 Å². The maximum absolute atomic E-state index is 14.9. The molecule has 1 aromatic heterocycles. The smallest absolute Gasteiger partial charge is 0.261 e. The van der Waals surface area contributed by atoms with E-state index in [1.807, 2.05) is 11.0 Å². The number of anilines is 1. The van der Waals surface area contributed by atoms with Gasteiger partial charge in [-0.1, -0.05) is 0 Å². The van der Waals surface area contributed by atoms with Crippen LogP contribution >= 0.6 is 12.1 Å². The third-order valence-electron chi connectivity index (χ3n) is 8.89. The summed E-state index contributed by atoms with van der Waals surface area (Å²) < 4.78 is 54.8. The SMILES string of the molecule is CN(CCO)SNc1ccc(F)c(Oc2ccc3ncn(C(CO)CC4CCC(N5CCCC(F)(F)C5)CC4)c(=O)c3c2)c1C#N. The second kappa shape index (κ2) is 15.0. The molecular weight excluding hydrogens is 621 g/mol. The Morgan fingerprint density at radius 1 is 1.24 bits per heavy atom. The topological polar surface area (TPSA) is 127 Å². The first kappa shape index (κ1) is 34.0. The zero-order valence-electron chi connectivity index (χ0n) is 25.7. The standard InChI is InChI=1S/C32H39F3N6O4S/c1-39(13-14-42)46-38-29-10-8-27(33)30(26(29)17-36)45-24-7-9-28-25(16-24)31(44)41(20-37-28)23(18-43)15-21-3-5-22(6-4-21)40-12-2-11-32(34,35)19-40/h7-10,16,20-23,38,42-43H,2-6,11-15,18-19H2,1H3. The predicted molar refractivity (Wildman–Crippen MR) is 170 cm³/mol. The molecule has 1 saturated heterocycles. The average molecular weight is 661 g/mol. The van der Waals surface area contributed by atoms with Crippen LogP contribution in [0.2, 0.25) is 0 Å². The summed E-state index contributed by atoms with van der Waals surface area (Å²) in [4.78, 5) is 20.0. The van der Waals surface area contributed by atoms with Gasteiger partial charge in [-0.2, -0.15) is 5.26 Å². The van der Waals surface area contributed by atoms with Gasteiger partial charge in [-0.3, -0.25) is 14.3 Å². The number of nitriles is 1. The number of piperidine rings is 1. The summed E-state index contributed by atoms with van der Waals surface area (Å²) in [6.07, 6.45) is 5.69. The molecule has 2 fully saturated rings. The number of hydrogen-bond donors (Lipinski definition) is 3. The highest BCUT2D eigenvalue weighted by molar-refractivity contribution is 7.98. The van der Waals surface area contributed by atoms with E-state index in [1.54, 1.807) is 17.4 Å². The molecule has 46 heavy (non-hydrogen) atoms. The molecule has 0 radical (unpaired) electrons. The van der Waals surface area contributed by atoms with Crippen molar-refractivity contribution in [1.82, 2.24) is 18.8 Å². The first-order valence-corrected chi connectivity index (χ1v) is 16.3. The molecule has 0 amide bonds. The number of halogens is 3. The van der Waals surface area contributed by atoms with Crippen LogP contribution in [0.1, 0.15) is 56.6 Å². The lowest BCUT2D eigenvalue weighted by Gasteiger charge is -2.41. The minimum absolute atomic E-state index is 0.0500. The highest BCUT2D eigenvalue weighted by atomic mass is 32.2. The molecule has 5 rings (SSSR count). The van der Waals surface area contributed by atoms with E-state index < -0.39 is 23.3 Å². The van der Waals surface area contributed by atoms with Gasteiger partial charge in [0.25, 0.3) is 11.5 Å². The van der Waals surface area contributed by atoms with Crippen LogP contribution in [0.4, 0.5) is 18.9 Å². The highest BCUT2D eigenvalue weighted by Crippen LogP contribution is 2.37. The molecule has 1 unspecified atom stereocenters. The zero-order chi connectivity index (χ0) is 32.8. The molecular formula is C32H39F3N6O4S. The Morgan fingerprint density at radius 3 is 2.72 bits per heavy atom. The van der Waals surface area contributed by atoms with Gasteiger partial charge in [0.05, 0.1) is 48.7 Å². The predicted octanol–water partition coefficient (Wildman–Crippen LogP) is 5.31.